The summed E-state index contributed by atoms with van der Waals surface area (Å²) in [7, 11) is 0. The number of aliphatic hydroxyl groups is 1. The fourth-order valence-corrected chi connectivity index (χ4v) is 0.781. The molecule has 0 saturated carbocycles. The van der Waals surface area contributed by atoms with Crippen molar-refractivity contribution in [3.8, 4) is 0 Å². The van der Waals surface area contributed by atoms with Gasteiger partial charge in [-0.05, 0) is 18.6 Å². The van der Waals surface area contributed by atoms with Crippen LogP contribution in [0, 0.1) is 12.7 Å². The van der Waals surface area contributed by atoms with Crippen LogP contribution >= 0.6 is 0 Å². The highest BCUT2D eigenvalue weighted by Gasteiger charge is 1.98. The first kappa shape index (κ1) is 7.22. The minimum Gasteiger partial charge on any atom is -0.392 e. The number of hydrogen-bond acceptors (Lipinski definition) is 1. The molecule has 54 valence electrons. The number of benzene rings is 1. The molecule has 0 spiro atoms. The van der Waals surface area contributed by atoms with Crippen LogP contribution in [0.1, 0.15) is 11.1 Å². The maximum atomic E-state index is 12.7. The Morgan fingerprint density at radius 1 is 1.50 bits per heavy atom. The lowest BCUT2D eigenvalue weighted by Gasteiger charge is -1.98. The topological polar surface area (TPSA) is 20.2 Å². The molecule has 0 bridgehead atoms. The predicted molar refractivity (Wildman–Crippen MR) is 37.1 cm³/mol. The summed E-state index contributed by atoms with van der Waals surface area (Å²) >= 11 is 0. The summed E-state index contributed by atoms with van der Waals surface area (Å²) in [6, 6.07) is 4.77. The SMILES string of the molecule is Cc1ccc(CO)c(F)c1. The van der Waals surface area contributed by atoms with Gasteiger partial charge in [0.05, 0.1) is 6.61 Å². The van der Waals surface area contributed by atoms with Gasteiger partial charge in [-0.2, -0.15) is 0 Å². The molecular weight excluding hydrogens is 131 g/mol. The zero-order valence-corrected chi connectivity index (χ0v) is 5.76. The van der Waals surface area contributed by atoms with Crippen LogP contribution in [0.3, 0.4) is 0 Å². The third-order valence-electron chi connectivity index (χ3n) is 1.38. The number of halogens is 1. The minimum absolute atomic E-state index is 0.230. The van der Waals surface area contributed by atoms with Crippen molar-refractivity contribution in [3.05, 3.63) is 35.1 Å². The van der Waals surface area contributed by atoms with E-state index in [1.165, 1.54) is 6.07 Å². The molecule has 1 aromatic rings. The Hall–Kier alpha value is -0.890. The molecule has 0 atom stereocenters. The third kappa shape index (κ3) is 1.33. The molecule has 0 saturated heterocycles. The van der Waals surface area contributed by atoms with E-state index in [1.807, 2.05) is 6.92 Å². The fraction of sp³-hybridized carbons (Fsp3) is 0.250. The van der Waals surface area contributed by atoms with E-state index in [2.05, 4.69) is 0 Å². The van der Waals surface area contributed by atoms with Gasteiger partial charge in [-0.15, -0.1) is 0 Å². The van der Waals surface area contributed by atoms with Crippen LogP contribution in [0.4, 0.5) is 4.39 Å². The van der Waals surface area contributed by atoms with E-state index in [1.54, 1.807) is 12.1 Å². The predicted octanol–water partition coefficient (Wildman–Crippen LogP) is 1.63. The summed E-state index contributed by atoms with van der Waals surface area (Å²) in [5.74, 6) is -0.331. The molecule has 0 unspecified atom stereocenters. The normalized spacial score (nSPS) is 9.90. The molecule has 1 nitrogen and oxygen atoms in total. The standard InChI is InChI=1S/C8H9FO/c1-6-2-3-7(5-10)8(9)4-6/h2-4,10H,5H2,1H3. The van der Waals surface area contributed by atoms with Gasteiger partial charge in [-0.3, -0.25) is 0 Å². The Bertz CT molecular complexity index is 233. The molecule has 0 aliphatic rings. The summed E-state index contributed by atoms with van der Waals surface area (Å²) in [5.41, 5.74) is 1.22. The maximum absolute atomic E-state index is 12.7. The van der Waals surface area contributed by atoms with Gasteiger partial charge in [0.2, 0.25) is 0 Å². The second-order valence-corrected chi connectivity index (χ2v) is 2.25. The highest BCUT2D eigenvalue weighted by molar-refractivity contribution is 5.22. The first-order valence-corrected chi connectivity index (χ1v) is 3.10. The van der Waals surface area contributed by atoms with Crippen LogP contribution in [0.25, 0.3) is 0 Å². The van der Waals surface area contributed by atoms with E-state index in [0.717, 1.165) is 5.56 Å². The summed E-state index contributed by atoms with van der Waals surface area (Å²) in [6.45, 7) is 1.58. The minimum atomic E-state index is -0.331. The van der Waals surface area contributed by atoms with Crippen LogP contribution in [0.15, 0.2) is 18.2 Å². The van der Waals surface area contributed by atoms with Crippen LogP contribution in [0.2, 0.25) is 0 Å². The van der Waals surface area contributed by atoms with Crippen molar-refractivity contribution in [2.75, 3.05) is 0 Å². The molecule has 1 aromatic carbocycles. The maximum Gasteiger partial charge on any atom is 0.128 e. The van der Waals surface area contributed by atoms with Crippen molar-refractivity contribution in [2.45, 2.75) is 13.5 Å². The van der Waals surface area contributed by atoms with Gasteiger partial charge in [0.25, 0.3) is 0 Å². The summed E-state index contributed by atoms with van der Waals surface area (Å²) in [5, 5.41) is 8.57. The highest BCUT2D eigenvalue weighted by atomic mass is 19.1. The van der Waals surface area contributed by atoms with E-state index in [-0.39, 0.29) is 12.4 Å². The summed E-state index contributed by atoms with van der Waals surface area (Å²) in [4.78, 5) is 0. The molecule has 0 aromatic heterocycles. The molecule has 1 N–H and O–H groups in total. The molecule has 1 rings (SSSR count). The molecule has 10 heavy (non-hydrogen) atoms. The van der Waals surface area contributed by atoms with Gasteiger partial charge in [-0.1, -0.05) is 12.1 Å². The van der Waals surface area contributed by atoms with E-state index >= 15 is 0 Å². The van der Waals surface area contributed by atoms with Crippen molar-refractivity contribution in [1.29, 1.82) is 0 Å². The van der Waals surface area contributed by atoms with E-state index < -0.39 is 0 Å². The van der Waals surface area contributed by atoms with E-state index in [9.17, 15) is 4.39 Å². The van der Waals surface area contributed by atoms with Gasteiger partial charge >= 0.3 is 0 Å². The van der Waals surface area contributed by atoms with Crippen LogP contribution < -0.4 is 0 Å². The van der Waals surface area contributed by atoms with Crippen molar-refractivity contribution < 1.29 is 9.50 Å². The Balaban J connectivity index is 3.07. The molecule has 2 heteroatoms. The van der Waals surface area contributed by atoms with Gasteiger partial charge in [0, 0.05) is 5.56 Å². The molecule has 0 heterocycles. The molecule has 0 aliphatic carbocycles. The van der Waals surface area contributed by atoms with Gasteiger partial charge in [0.1, 0.15) is 5.82 Å². The van der Waals surface area contributed by atoms with Crippen LogP contribution in [0.5, 0.6) is 0 Å². The smallest absolute Gasteiger partial charge is 0.128 e. The third-order valence-corrected chi connectivity index (χ3v) is 1.38. The number of aliphatic hydroxyl groups excluding tert-OH is 1. The first-order chi connectivity index (χ1) is 4.74. The number of aryl methyl sites for hydroxylation is 1. The Morgan fingerprint density at radius 2 is 2.20 bits per heavy atom. The quantitative estimate of drug-likeness (QED) is 0.628. The second kappa shape index (κ2) is 2.80. The lowest BCUT2D eigenvalue weighted by atomic mass is 10.1. The zero-order valence-electron chi connectivity index (χ0n) is 5.76. The van der Waals surface area contributed by atoms with Crippen molar-refractivity contribution in [2.24, 2.45) is 0 Å². The van der Waals surface area contributed by atoms with Gasteiger partial charge < -0.3 is 5.11 Å². The largest absolute Gasteiger partial charge is 0.392 e. The lowest BCUT2D eigenvalue weighted by molar-refractivity contribution is 0.275. The molecule has 0 amide bonds. The van der Waals surface area contributed by atoms with Gasteiger partial charge in [0.15, 0.2) is 0 Å². The Kier molecular flexibility index (Phi) is 2.02. The Morgan fingerprint density at radius 3 is 2.70 bits per heavy atom. The molecule has 0 radical (unpaired) electrons. The van der Waals surface area contributed by atoms with Crippen molar-refractivity contribution in [1.82, 2.24) is 0 Å². The first-order valence-electron chi connectivity index (χ1n) is 3.10. The summed E-state index contributed by atoms with van der Waals surface area (Å²) < 4.78 is 12.7. The lowest BCUT2D eigenvalue weighted by Crippen LogP contribution is -1.89. The van der Waals surface area contributed by atoms with E-state index in [0.29, 0.717) is 5.56 Å². The van der Waals surface area contributed by atoms with Gasteiger partial charge in [-0.25, -0.2) is 4.39 Å². The van der Waals surface area contributed by atoms with E-state index in [4.69, 9.17) is 5.11 Å². The number of rotatable bonds is 1. The van der Waals surface area contributed by atoms with Crippen molar-refractivity contribution in [3.63, 3.8) is 0 Å². The monoisotopic (exact) mass is 140 g/mol. The average molecular weight is 140 g/mol. The molecule has 0 aliphatic heterocycles. The number of hydrogen-bond donors (Lipinski definition) is 1. The van der Waals surface area contributed by atoms with Crippen LogP contribution in [-0.4, -0.2) is 5.11 Å². The summed E-state index contributed by atoms with van der Waals surface area (Å²) in [6.07, 6.45) is 0. The average Bonchev–Trinajstić information content (AvgIpc) is 1.88. The Labute approximate surface area is 59.1 Å². The fourth-order valence-electron chi connectivity index (χ4n) is 0.781. The van der Waals surface area contributed by atoms with Crippen LogP contribution in [-0.2, 0) is 6.61 Å². The van der Waals surface area contributed by atoms with Crippen molar-refractivity contribution >= 4 is 0 Å². The molecular formula is C8H9FO. The highest BCUT2D eigenvalue weighted by Crippen LogP contribution is 2.08. The molecule has 0 fully saturated rings. The second-order valence-electron chi connectivity index (χ2n) is 2.25. The zero-order chi connectivity index (χ0) is 7.56.